The Morgan fingerprint density at radius 2 is 1.75 bits per heavy atom. The van der Waals surface area contributed by atoms with Crippen LogP contribution in [0.15, 0.2) is 28.7 Å². The van der Waals surface area contributed by atoms with Gasteiger partial charge < -0.3 is 15.0 Å². The standard InChI is InChI=1S/C22H31BrN2O3/c1-22(2,3)28-21(27)25-12-10-15(11-13-25)14-19(16-4-5-16)24-20(26)17-6-8-18(23)9-7-17/h6-9,15-16,19H,4-5,10-14H2,1-3H3,(H,24,26). The number of nitrogens with one attached hydrogen (secondary N) is 1. The molecule has 1 aromatic rings. The van der Waals surface area contributed by atoms with Crippen molar-refractivity contribution in [3.05, 3.63) is 34.3 Å². The number of amides is 2. The van der Waals surface area contributed by atoms with Gasteiger partial charge in [0.05, 0.1) is 0 Å². The molecule has 0 radical (unpaired) electrons. The van der Waals surface area contributed by atoms with E-state index >= 15 is 0 Å². The van der Waals surface area contributed by atoms with Crippen LogP contribution in [0.4, 0.5) is 4.79 Å². The van der Waals surface area contributed by atoms with E-state index in [1.165, 1.54) is 12.8 Å². The van der Waals surface area contributed by atoms with E-state index in [1.54, 1.807) is 0 Å². The van der Waals surface area contributed by atoms with Crippen LogP contribution < -0.4 is 5.32 Å². The Kier molecular flexibility index (Phi) is 6.69. The van der Waals surface area contributed by atoms with Gasteiger partial charge in [0.15, 0.2) is 0 Å². The first-order valence-electron chi connectivity index (χ1n) is 10.3. The van der Waals surface area contributed by atoms with Crippen LogP contribution in [0, 0.1) is 11.8 Å². The lowest BCUT2D eigenvalue weighted by Gasteiger charge is -2.35. The molecule has 1 aliphatic heterocycles. The predicted octanol–water partition coefficient (Wildman–Crippen LogP) is 4.99. The smallest absolute Gasteiger partial charge is 0.410 e. The minimum absolute atomic E-state index is 0.00981. The molecule has 2 fully saturated rings. The number of hydrogen-bond donors (Lipinski definition) is 1. The second kappa shape index (κ2) is 8.85. The number of hydrogen-bond acceptors (Lipinski definition) is 3. The summed E-state index contributed by atoms with van der Waals surface area (Å²) in [6, 6.07) is 7.72. The summed E-state index contributed by atoms with van der Waals surface area (Å²) >= 11 is 3.41. The van der Waals surface area contributed by atoms with Gasteiger partial charge in [-0.1, -0.05) is 15.9 Å². The Bertz CT molecular complexity index is 687. The van der Waals surface area contributed by atoms with Crippen LogP contribution in [-0.4, -0.2) is 41.6 Å². The third kappa shape index (κ3) is 6.23. The van der Waals surface area contributed by atoms with Crippen molar-refractivity contribution in [2.75, 3.05) is 13.1 Å². The third-order valence-electron chi connectivity index (χ3n) is 5.47. The van der Waals surface area contributed by atoms with E-state index in [4.69, 9.17) is 4.74 Å². The summed E-state index contributed by atoms with van der Waals surface area (Å²) in [6.45, 7) is 7.15. The summed E-state index contributed by atoms with van der Waals surface area (Å²) in [5.41, 5.74) is 0.246. The van der Waals surface area contributed by atoms with Gasteiger partial charge in [-0.3, -0.25) is 4.79 Å². The average molecular weight is 451 g/mol. The number of halogens is 1. The maximum atomic E-state index is 12.6. The molecule has 0 bridgehead atoms. The van der Waals surface area contributed by atoms with E-state index in [9.17, 15) is 9.59 Å². The second-order valence-electron chi connectivity index (χ2n) is 9.07. The zero-order valence-corrected chi connectivity index (χ0v) is 18.6. The second-order valence-corrected chi connectivity index (χ2v) is 9.99. The number of rotatable bonds is 5. The zero-order valence-electron chi connectivity index (χ0n) is 17.0. The lowest BCUT2D eigenvalue weighted by atomic mass is 9.88. The Labute approximate surface area is 176 Å². The van der Waals surface area contributed by atoms with E-state index in [-0.39, 0.29) is 18.0 Å². The quantitative estimate of drug-likeness (QED) is 0.686. The van der Waals surface area contributed by atoms with Gasteiger partial charge in [0.2, 0.25) is 0 Å². The van der Waals surface area contributed by atoms with Gasteiger partial charge in [-0.25, -0.2) is 4.79 Å². The van der Waals surface area contributed by atoms with Crippen molar-refractivity contribution >= 4 is 27.9 Å². The fourth-order valence-corrected chi connectivity index (χ4v) is 4.02. The van der Waals surface area contributed by atoms with Crippen molar-refractivity contribution < 1.29 is 14.3 Å². The van der Waals surface area contributed by atoms with Crippen LogP contribution in [0.3, 0.4) is 0 Å². The molecule has 1 N–H and O–H groups in total. The van der Waals surface area contributed by atoms with E-state index in [2.05, 4.69) is 21.2 Å². The van der Waals surface area contributed by atoms with Crippen molar-refractivity contribution in [2.45, 2.75) is 64.5 Å². The lowest BCUT2D eigenvalue weighted by molar-refractivity contribution is 0.0177. The minimum atomic E-state index is -0.456. The van der Waals surface area contributed by atoms with E-state index in [0.717, 1.165) is 36.8 Å². The molecule has 1 unspecified atom stereocenters. The van der Waals surface area contributed by atoms with Gasteiger partial charge in [0, 0.05) is 29.2 Å². The number of carbonyl (C=O) groups excluding carboxylic acids is 2. The molecule has 1 saturated carbocycles. The van der Waals surface area contributed by atoms with Crippen LogP contribution in [0.5, 0.6) is 0 Å². The summed E-state index contributed by atoms with van der Waals surface area (Å²) in [4.78, 5) is 26.7. The fourth-order valence-electron chi connectivity index (χ4n) is 3.76. The van der Waals surface area contributed by atoms with Gasteiger partial charge in [0.25, 0.3) is 5.91 Å². The van der Waals surface area contributed by atoms with Crippen LogP contribution in [0.25, 0.3) is 0 Å². The molecule has 28 heavy (non-hydrogen) atoms. The highest BCUT2D eigenvalue weighted by molar-refractivity contribution is 9.10. The van der Waals surface area contributed by atoms with Crippen molar-refractivity contribution in [3.63, 3.8) is 0 Å². The highest BCUT2D eigenvalue weighted by Crippen LogP contribution is 2.37. The van der Waals surface area contributed by atoms with Crippen molar-refractivity contribution in [1.29, 1.82) is 0 Å². The van der Waals surface area contributed by atoms with Gasteiger partial charge >= 0.3 is 6.09 Å². The van der Waals surface area contributed by atoms with Gasteiger partial charge in [0.1, 0.15) is 5.60 Å². The molecule has 3 rings (SSSR count). The Morgan fingerprint density at radius 1 is 1.14 bits per heavy atom. The minimum Gasteiger partial charge on any atom is -0.444 e. The maximum Gasteiger partial charge on any atom is 0.410 e. The first kappa shape index (κ1) is 21.2. The molecular formula is C22H31BrN2O3. The summed E-state index contributed by atoms with van der Waals surface area (Å²) in [5, 5.41) is 3.27. The first-order chi connectivity index (χ1) is 13.2. The molecular weight excluding hydrogens is 420 g/mol. The Balaban J connectivity index is 1.50. The predicted molar refractivity (Wildman–Crippen MR) is 113 cm³/mol. The number of nitrogens with zero attached hydrogens (tertiary/aromatic N) is 1. The SMILES string of the molecule is CC(C)(C)OC(=O)N1CCC(CC(NC(=O)c2ccc(Br)cc2)C2CC2)CC1. The topological polar surface area (TPSA) is 58.6 Å². The molecule has 5 nitrogen and oxygen atoms in total. The Morgan fingerprint density at radius 3 is 2.29 bits per heavy atom. The van der Waals surface area contributed by atoms with Crippen molar-refractivity contribution in [2.24, 2.45) is 11.8 Å². The largest absolute Gasteiger partial charge is 0.444 e. The van der Waals surface area contributed by atoms with E-state index < -0.39 is 5.60 Å². The number of carbonyl (C=O) groups is 2. The molecule has 2 amide bonds. The molecule has 0 spiro atoms. The van der Waals surface area contributed by atoms with E-state index in [1.807, 2.05) is 49.9 Å². The van der Waals surface area contributed by atoms with Crippen LogP contribution in [-0.2, 0) is 4.74 Å². The summed E-state index contributed by atoms with van der Waals surface area (Å²) in [7, 11) is 0. The van der Waals surface area contributed by atoms with Crippen LogP contribution in [0.1, 0.15) is 63.2 Å². The molecule has 1 heterocycles. The van der Waals surface area contributed by atoms with E-state index in [0.29, 0.717) is 17.4 Å². The monoisotopic (exact) mass is 450 g/mol. The highest BCUT2D eigenvalue weighted by Gasteiger charge is 2.35. The van der Waals surface area contributed by atoms with Crippen LogP contribution >= 0.6 is 15.9 Å². The first-order valence-corrected chi connectivity index (χ1v) is 11.0. The van der Waals surface area contributed by atoms with Gasteiger partial charge in [-0.05, 0) is 89.0 Å². The third-order valence-corrected chi connectivity index (χ3v) is 6.00. The number of benzene rings is 1. The van der Waals surface area contributed by atoms with Crippen LogP contribution in [0.2, 0.25) is 0 Å². The molecule has 1 atom stereocenters. The molecule has 6 heteroatoms. The molecule has 1 aliphatic carbocycles. The Hall–Kier alpha value is -1.56. The molecule has 0 aromatic heterocycles. The molecule has 1 saturated heterocycles. The molecule has 154 valence electrons. The summed E-state index contributed by atoms with van der Waals surface area (Å²) < 4.78 is 6.45. The van der Waals surface area contributed by atoms with Gasteiger partial charge in [-0.2, -0.15) is 0 Å². The normalized spacial score (nSPS) is 19.2. The molecule has 2 aliphatic rings. The molecule has 1 aromatic carbocycles. The van der Waals surface area contributed by atoms with Crippen molar-refractivity contribution in [1.82, 2.24) is 10.2 Å². The average Bonchev–Trinajstić information content (AvgIpc) is 3.46. The zero-order chi connectivity index (χ0) is 20.3. The summed E-state index contributed by atoms with van der Waals surface area (Å²) in [5.74, 6) is 1.15. The summed E-state index contributed by atoms with van der Waals surface area (Å²) in [6.07, 6.45) is 5.11. The highest BCUT2D eigenvalue weighted by atomic mass is 79.9. The fraction of sp³-hybridized carbons (Fsp3) is 0.636. The lowest BCUT2D eigenvalue weighted by Crippen LogP contribution is -2.44. The maximum absolute atomic E-state index is 12.6. The number of likely N-dealkylation sites (tertiary alicyclic amines) is 1. The van der Waals surface area contributed by atoms with Gasteiger partial charge in [-0.15, -0.1) is 0 Å². The number of ether oxygens (including phenoxy) is 1. The number of piperidine rings is 1. The van der Waals surface area contributed by atoms with Crippen molar-refractivity contribution in [3.8, 4) is 0 Å².